The summed E-state index contributed by atoms with van der Waals surface area (Å²) in [6.45, 7) is 2.16. The van der Waals surface area contributed by atoms with E-state index in [4.69, 9.17) is 24.5 Å². The molecule has 0 aliphatic rings. The number of rotatable bonds is 8. The molecule has 0 spiro atoms. The van der Waals surface area contributed by atoms with Crippen LogP contribution in [0, 0.1) is 6.92 Å². The number of hydrogen-bond acceptors (Lipinski definition) is 6. The SMILES string of the molecule is Cc1ccc(NC(=O)CN(C)CC(=O)Nc2ccccc2Oc2ccccc2)cc1.O=C(O)C(=O)O. The molecule has 0 saturated heterocycles. The Bertz CT molecular complexity index is 1170. The van der Waals surface area contributed by atoms with Crippen molar-refractivity contribution in [2.75, 3.05) is 30.8 Å². The number of carbonyl (C=O) groups is 4. The number of aryl methyl sites for hydroxylation is 1. The van der Waals surface area contributed by atoms with Crippen molar-refractivity contribution in [1.29, 1.82) is 0 Å². The topological polar surface area (TPSA) is 145 Å². The van der Waals surface area contributed by atoms with Crippen molar-refractivity contribution in [3.8, 4) is 11.5 Å². The second-order valence-corrected chi connectivity index (χ2v) is 7.66. The predicted octanol–water partition coefficient (Wildman–Crippen LogP) is 3.45. The van der Waals surface area contributed by atoms with E-state index in [1.165, 1.54) is 0 Å². The third kappa shape index (κ3) is 10.1. The second kappa shape index (κ2) is 13.9. The molecule has 0 fully saturated rings. The molecule has 0 unspecified atom stereocenters. The minimum atomic E-state index is -1.82. The smallest absolute Gasteiger partial charge is 0.414 e. The van der Waals surface area contributed by atoms with Crippen molar-refractivity contribution in [1.82, 2.24) is 4.90 Å². The van der Waals surface area contributed by atoms with Crippen LogP contribution in [0.4, 0.5) is 11.4 Å². The Morgan fingerprint density at radius 1 is 0.750 bits per heavy atom. The number of nitrogens with zero attached hydrogens (tertiary/aromatic N) is 1. The molecule has 10 heteroatoms. The van der Waals surface area contributed by atoms with Gasteiger partial charge in [0.25, 0.3) is 0 Å². The molecule has 0 aliphatic carbocycles. The first kappa shape index (κ1) is 27.5. The van der Waals surface area contributed by atoms with Gasteiger partial charge in [0.05, 0.1) is 18.8 Å². The maximum atomic E-state index is 12.5. The van der Waals surface area contributed by atoms with E-state index in [9.17, 15) is 9.59 Å². The molecule has 0 aromatic heterocycles. The van der Waals surface area contributed by atoms with Gasteiger partial charge in [0, 0.05) is 5.69 Å². The number of ether oxygens (including phenoxy) is 1. The molecule has 36 heavy (non-hydrogen) atoms. The molecule has 3 aromatic rings. The molecule has 10 nitrogen and oxygen atoms in total. The molecule has 0 aliphatic heterocycles. The number of para-hydroxylation sites is 3. The fraction of sp³-hybridized carbons (Fsp3) is 0.154. The van der Waals surface area contributed by atoms with E-state index in [1.54, 1.807) is 24.1 Å². The van der Waals surface area contributed by atoms with Gasteiger partial charge in [-0.3, -0.25) is 14.5 Å². The fourth-order valence-corrected chi connectivity index (χ4v) is 2.85. The lowest BCUT2D eigenvalue weighted by atomic mass is 10.2. The molecular formula is C26H27N3O7. The largest absolute Gasteiger partial charge is 0.473 e. The van der Waals surface area contributed by atoms with Crippen molar-refractivity contribution in [3.05, 3.63) is 84.4 Å². The number of hydrogen-bond donors (Lipinski definition) is 4. The third-order valence-corrected chi connectivity index (χ3v) is 4.48. The van der Waals surface area contributed by atoms with Crippen molar-refractivity contribution in [3.63, 3.8) is 0 Å². The number of anilines is 2. The fourth-order valence-electron chi connectivity index (χ4n) is 2.85. The monoisotopic (exact) mass is 493 g/mol. The summed E-state index contributed by atoms with van der Waals surface area (Å²) in [7, 11) is 1.72. The van der Waals surface area contributed by atoms with Gasteiger partial charge in [-0.2, -0.15) is 0 Å². The van der Waals surface area contributed by atoms with Crippen molar-refractivity contribution >= 4 is 35.1 Å². The van der Waals surface area contributed by atoms with Crippen LogP contribution in [-0.2, 0) is 19.2 Å². The van der Waals surface area contributed by atoms with Gasteiger partial charge in [-0.15, -0.1) is 0 Å². The average Bonchev–Trinajstić information content (AvgIpc) is 2.82. The molecule has 3 aromatic carbocycles. The molecule has 0 bridgehead atoms. The van der Waals surface area contributed by atoms with Crippen molar-refractivity contribution in [2.24, 2.45) is 0 Å². The lowest BCUT2D eigenvalue weighted by Gasteiger charge is -2.17. The molecule has 4 N–H and O–H groups in total. The van der Waals surface area contributed by atoms with Gasteiger partial charge in [-0.25, -0.2) is 9.59 Å². The highest BCUT2D eigenvalue weighted by atomic mass is 16.5. The summed E-state index contributed by atoms with van der Waals surface area (Å²) in [6, 6.07) is 24.2. The second-order valence-electron chi connectivity index (χ2n) is 7.66. The van der Waals surface area contributed by atoms with Gasteiger partial charge >= 0.3 is 11.9 Å². The molecule has 0 atom stereocenters. The Labute approximate surface area is 208 Å². The summed E-state index contributed by atoms with van der Waals surface area (Å²) in [6.07, 6.45) is 0. The van der Waals surface area contributed by atoms with E-state index in [1.807, 2.05) is 73.7 Å². The van der Waals surface area contributed by atoms with Crippen LogP contribution in [0.15, 0.2) is 78.9 Å². The van der Waals surface area contributed by atoms with E-state index in [0.29, 0.717) is 17.2 Å². The molecule has 3 rings (SSSR count). The van der Waals surface area contributed by atoms with Gasteiger partial charge in [0.2, 0.25) is 11.8 Å². The van der Waals surface area contributed by atoms with Gasteiger partial charge in [-0.1, -0.05) is 48.0 Å². The zero-order valence-corrected chi connectivity index (χ0v) is 19.8. The maximum absolute atomic E-state index is 12.5. The molecule has 0 radical (unpaired) electrons. The normalized spacial score (nSPS) is 9.97. The molecular weight excluding hydrogens is 466 g/mol. The van der Waals surface area contributed by atoms with Crippen LogP contribution in [0.25, 0.3) is 0 Å². The van der Waals surface area contributed by atoms with E-state index >= 15 is 0 Å². The highest BCUT2D eigenvalue weighted by Gasteiger charge is 2.13. The molecule has 0 heterocycles. The Kier molecular flexibility index (Phi) is 10.6. The molecule has 0 saturated carbocycles. The van der Waals surface area contributed by atoms with E-state index < -0.39 is 11.9 Å². The highest BCUT2D eigenvalue weighted by Crippen LogP contribution is 2.29. The highest BCUT2D eigenvalue weighted by molar-refractivity contribution is 6.27. The Hall–Kier alpha value is -4.70. The number of aliphatic carboxylic acids is 2. The summed E-state index contributed by atoms with van der Waals surface area (Å²) in [5.74, 6) is -2.82. The number of likely N-dealkylation sites (N-methyl/N-ethyl adjacent to an activating group) is 1. The minimum absolute atomic E-state index is 0.0704. The number of amides is 2. The molecule has 188 valence electrons. The van der Waals surface area contributed by atoms with Gasteiger partial charge in [-0.05, 0) is 50.4 Å². The van der Waals surface area contributed by atoms with E-state index in [-0.39, 0.29) is 24.9 Å². The Morgan fingerprint density at radius 3 is 1.86 bits per heavy atom. The number of carboxylic acids is 2. The van der Waals surface area contributed by atoms with Crippen LogP contribution in [0.2, 0.25) is 0 Å². The lowest BCUT2D eigenvalue weighted by Crippen LogP contribution is -2.36. The van der Waals surface area contributed by atoms with Crippen LogP contribution < -0.4 is 15.4 Å². The predicted molar refractivity (Wildman–Crippen MR) is 134 cm³/mol. The van der Waals surface area contributed by atoms with Crippen LogP contribution in [0.5, 0.6) is 11.5 Å². The van der Waals surface area contributed by atoms with Crippen LogP contribution in [0.3, 0.4) is 0 Å². The first-order valence-corrected chi connectivity index (χ1v) is 10.8. The minimum Gasteiger partial charge on any atom is -0.473 e. The molecule has 2 amide bonds. The standard InChI is InChI=1S/C24H25N3O3.C2H2O4/c1-18-12-14-19(15-13-18)25-23(28)16-27(2)17-24(29)26-21-10-6-7-11-22(21)30-20-8-4-3-5-9-20;3-1(4)2(5)6/h3-15H,16-17H2,1-2H3,(H,25,28)(H,26,29);(H,3,4)(H,5,6). The quantitative estimate of drug-likeness (QED) is 0.349. The number of carbonyl (C=O) groups excluding carboxylic acids is 2. The van der Waals surface area contributed by atoms with Crippen molar-refractivity contribution in [2.45, 2.75) is 6.92 Å². The zero-order chi connectivity index (χ0) is 26.5. The van der Waals surface area contributed by atoms with E-state index in [2.05, 4.69) is 10.6 Å². The summed E-state index contributed by atoms with van der Waals surface area (Å²) < 4.78 is 5.86. The Balaban J connectivity index is 0.000000678. The van der Waals surface area contributed by atoms with E-state index in [0.717, 1.165) is 11.3 Å². The lowest BCUT2D eigenvalue weighted by molar-refractivity contribution is -0.159. The Morgan fingerprint density at radius 2 is 1.28 bits per heavy atom. The van der Waals surface area contributed by atoms with Gasteiger partial charge in [0.15, 0.2) is 5.75 Å². The van der Waals surface area contributed by atoms with Crippen LogP contribution in [0.1, 0.15) is 5.56 Å². The summed E-state index contributed by atoms with van der Waals surface area (Å²) in [4.78, 5) is 44.5. The number of benzene rings is 3. The van der Waals surface area contributed by atoms with Gasteiger partial charge < -0.3 is 25.6 Å². The third-order valence-electron chi connectivity index (χ3n) is 4.48. The number of carboxylic acid groups (broad SMARTS) is 2. The van der Waals surface area contributed by atoms with Crippen LogP contribution in [-0.4, -0.2) is 59.0 Å². The number of nitrogens with one attached hydrogen (secondary N) is 2. The average molecular weight is 494 g/mol. The van der Waals surface area contributed by atoms with Crippen LogP contribution >= 0.6 is 0 Å². The zero-order valence-electron chi connectivity index (χ0n) is 19.8. The first-order valence-electron chi connectivity index (χ1n) is 10.8. The summed E-state index contributed by atoms with van der Waals surface area (Å²) >= 11 is 0. The summed E-state index contributed by atoms with van der Waals surface area (Å²) in [5, 5.41) is 20.5. The maximum Gasteiger partial charge on any atom is 0.414 e. The first-order chi connectivity index (χ1) is 17.1. The summed E-state index contributed by atoms with van der Waals surface area (Å²) in [5.41, 5.74) is 2.43. The van der Waals surface area contributed by atoms with Crippen molar-refractivity contribution < 1.29 is 34.1 Å². The van der Waals surface area contributed by atoms with Gasteiger partial charge in [0.1, 0.15) is 5.75 Å².